The lowest BCUT2D eigenvalue weighted by atomic mass is 10.1. The number of halogens is 3. The quantitative estimate of drug-likeness (QED) is 0.864. The van der Waals surface area contributed by atoms with Crippen LogP contribution in [0, 0.1) is 0 Å². The van der Waals surface area contributed by atoms with Crippen molar-refractivity contribution in [1.82, 2.24) is 4.98 Å². The van der Waals surface area contributed by atoms with Gasteiger partial charge in [0.25, 0.3) is 0 Å². The van der Waals surface area contributed by atoms with Crippen LogP contribution in [-0.2, 0) is 15.7 Å². The van der Waals surface area contributed by atoms with E-state index in [0.29, 0.717) is 11.1 Å². The molecule has 0 saturated carbocycles. The van der Waals surface area contributed by atoms with Crippen molar-refractivity contribution in [1.29, 1.82) is 0 Å². The van der Waals surface area contributed by atoms with Crippen molar-refractivity contribution >= 4 is 11.4 Å². The normalized spacial score (nSPS) is 15.2. The molecule has 0 radical (unpaired) electrons. The zero-order valence-corrected chi connectivity index (χ0v) is 11.2. The van der Waals surface area contributed by atoms with E-state index >= 15 is 0 Å². The smallest absolute Gasteiger partial charge is 0.383 e. The molecule has 1 aromatic heterocycles. The average molecular weight is 290 g/mol. The molecule has 1 aliphatic rings. The van der Waals surface area contributed by atoms with Gasteiger partial charge < -0.3 is 15.2 Å². The highest BCUT2D eigenvalue weighted by molar-refractivity contribution is 5.63. The van der Waals surface area contributed by atoms with Gasteiger partial charge >= 0.3 is 6.18 Å². The van der Waals surface area contributed by atoms with Crippen LogP contribution in [0.15, 0.2) is 18.8 Å². The number of hydrogen-bond donors (Lipinski definition) is 1. The summed E-state index contributed by atoms with van der Waals surface area (Å²) in [6, 6.07) is 0.949. The molecule has 1 aromatic rings. The number of hydrogen-bond acceptors (Lipinski definition) is 4. The Hall–Kier alpha value is -1.60. The van der Waals surface area contributed by atoms with Gasteiger partial charge in [-0.25, -0.2) is 4.98 Å². The highest BCUT2D eigenvalue weighted by Gasteiger charge is 2.33. The molecule has 0 amide bonds. The van der Waals surface area contributed by atoms with E-state index in [2.05, 4.69) is 11.6 Å². The molecule has 0 aromatic carbocycles. The monoisotopic (exact) mass is 290 g/mol. The molecule has 0 aliphatic carbocycles. The van der Waals surface area contributed by atoms with Crippen LogP contribution in [0.3, 0.4) is 0 Å². The van der Waals surface area contributed by atoms with Crippen LogP contribution in [0.2, 0.25) is 0 Å². The van der Waals surface area contributed by atoms with E-state index in [0.717, 1.165) is 32.5 Å². The number of allylic oxidation sites excluding steroid dienone is 1. The fourth-order valence-corrected chi connectivity index (χ4v) is 1.38. The second kappa shape index (κ2) is 7.25. The van der Waals surface area contributed by atoms with E-state index in [4.69, 9.17) is 15.2 Å². The van der Waals surface area contributed by atoms with Crippen molar-refractivity contribution in [3.8, 4) is 0 Å². The van der Waals surface area contributed by atoms with Crippen molar-refractivity contribution in [2.45, 2.75) is 13.1 Å². The van der Waals surface area contributed by atoms with Crippen LogP contribution in [0.4, 0.5) is 19.0 Å². The summed E-state index contributed by atoms with van der Waals surface area (Å²) in [5.41, 5.74) is 5.05. The number of aromatic nitrogens is 1. The first-order chi connectivity index (χ1) is 9.32. The zero-order chi connectivity index (χ0) is 15.2. The maximum absolute atomic E-state index is 12.3. The van der Waals surface area contributed by atoms with Gasteiger partial charge in [0.2, 0.25) is 0 Å². The third-order valence-corrected chi connectivity index (χ3v) is 2.46. The fourth-order valence-electron chi connectivity index (χ4n) is 1.38. The van der Waals surface area contributed by atoms with Gasteiger partial charge in [0.1, 0.15) is 5.82 Å². The predicted molar refractivity (Wildman–Crippen MR) is 70.0 cm³/mol. The Labute approximate surface area is 115 Å². The lowest BCUT2D eigenvalue weighted by Crippen LogP contribution is -2.16. The number of alkyl halides is 3. The highest BCUT2D eigenvalue weighted by Crippen LogP contribution is 2.33. The van der Waals surface area contributed by atoms with Gasteiger partial charge in [-0.05, 0) is 24.1 Å². The number of nitrogen functional groups attached to an aromatic ring is 1. The first-order valence-corrected chi connectivity index (χ1v) is 5.96. The van der Waals surface area contributed by atoms with Gasteiger partial charge in [-0.2, -0.15) is 13.2 Å². The lowest BCUT2D eigenvalue weighted by molar-refractivity contribution is -0.137. The van der Waals surface area contributed by atoms with Crippen molar-refractivity contribution in [2.75, 3.05) is 32.2 Å². The third-order valence-electron chi connectivity index (χ3n) is 2.46. The number of nitrogens with two attached hydrogens (primary N) is 1. The molecule has 20 heavy (non-hydrogen) atoms. The molecular weight excluding hydrogens is 273 g/mol. The average Bonchev–Trinajstić information content (AvgIpc) is 2.40. The Morgan fingerprint density at radius 2 is 1.75 bits per heavy atom. The van der Waals surface area contributed by atoms with Gasteiger partial charge in [-0.3, -0.25) is 0 Å². The summed E-state index contributed by atoms with van der Waals surface area (Å²) >= 11 is 0. The second-order valence-electron chi connectivity index (χ2n) is 4.16. The molecule has 2 heterocycles. The SMILES string of the molecule is C1COCCO1.C=C(C)c1cnc(N)c(C(F)(F)F)c1. The minimum atomic E-state index is -4.47. The number of ether oxygens (including phenoxy) is 2. The number of anilines is 1. The van der Waals surface area contributed by atoms with Crippen LogP contribution < -0.4 is 5.73 Å². The molecule has 1 aliphatic heterocycles. The topological polar surface area (TPSA) is 57.4 Å². The zero-order valence-electron chi connectivity index (χ0n) is 11.2. The summed E-state index contributed by atoms with van der Waals surface area (Å²) in [7, 11) is 0. The number of rotatable bonds is 1. The molecule has 0 atom stereocenters. The first-order valence-electron chi connectivity index (χ1n) is 5.96. The summed E-state index contributed by atoms with van der Waals surface area (Å²) in [6.07, 6.45) is -3.20. The van der Waals surface area contributed by atoms with Crippen LogP contribution in [0.1, 0.15) is 18.1 Å². The first kappa shape index (κ1) is 16.5. The minimum Gasteiger partial charge on any atom is -0.383 e. The third kappa shape index (κ3) is 5.18. The van der Waals surface area contributed by atoms with Gasteiger partial charge in [0.05, 0.1) is 32.0 Å². The van der Waals surface area contributed by atoms with Crippen molar-refractivity contribution in [3.63, 3.8) is 0 Å². The Morgan fingerprint density at radius 3 is 2.10 bits per heavy atom. The van der Waals surface area contributed by atoms with Crippen LogP contribution >= 0.6 is 0 Å². The van der Waals surface area contributed by atoms with E-state index in [1.807, 2.05) is 0 Å². The molecule has 2 N–H and O–H groups in total. The molecule has 1 fully saturated rings. The van der Waals surface area contributed by atoms with Crippen LogP contribution in [0.5, 0.6) is 0 Å². The maximum Gasteiger partial charge on any atom is 0.419 e. The van der Waals surface area contributed by atoms with Crippen LogP contribution in [-0.4, -0.2) is 31.4 Å². The van der Waals surface area contributed by atoms with E-state index in [-0.39, 0.29) is 0 Å². The molecule has 0 spiro atoms. The molecule has 112 valence electrons. The number of nitrogens with zero attached hydrogens (tertiary/aromatic N) is 1. The Morgan fingerprint density at radius 1 is 1.25 bits per heavy atom. The number of pyridine rings is 1. The van der Waals surface area contributed by atoms with E-state index in [1.165, 1.54) is 6.20 Å². The molecule has 1 saturated heterocycles. The summed E-state index contributed by atoms with van der Waals surface area (Å²) in [4.78, 5) is 3.46. The summed E-state index contributed by atoms with van der Waals surface area (Å²) in [5, 5.41) is 0. The van der Waals surface area contributed by atoms with Gasteiger partial charge in [0, 0.05) is 6.20 Å². The van der Waals surface area contributed by atoms with Gasteiger partial charge in [-0.1, -0.05) is 6.58 Å². The lowest BCUT2D eigenvalue weighted by Gasteiger charge is -2.10. The molecule has 4 nitrogen and oxygen atoms in total. The Balaban J connectivity index is 0.000000276. The standard InChI is InChI=1S/C9H9F3N2.C4H8O2/c1-5(2)6-3-7(9(10,11)12)8(13)14-4-6;1-2-6-4-3-5-1/h3-4H,1H2,2H3,(H2,13,14);1-4H2. The van der Waals surface area contributed by atoms with Crippen molar-refractivity contribution < 1.29 is 22.6 Å². The molecule has 7 heteroatoms. The maximum atomic E-state index is 12.3. The molecule has 0 bridgehead atoms. The van der Waals surface area contributed by atoms with Crippen molar-refractivity contribution in [2.24, 2.45) is 0 Å². The fraction of sp³-hybridized carbons (Fsp3) is 0.462. The molecule has 2 rings (SSSR count). The molecule has 0 unspecified atom stereocenters. The predicted octanol–water partition coefficient (Wildman–Crippen LogP) is 2.75. The summed E-state index contributed by atoms with van der Waals surface area (Å²) in [6.45, 7) is 8.25. The second-order valence-corrected chi connectivity index (χ2v) is 4.16. The Bertz CT molecular complexity index is 446. The molecular formula is C13H17F3N2O2. The van der Waals surface area contributed by atoms with E-state index in [9.17, 15) is 13.2 Å². The minimum absolute atomic E-state index is 0.339. The van der Waals surface area contributed by atoms with Crippen molar-refractivity contribution in [3.05, 3.63) is 30.0 Å². The van der Waals surface area contributed by atoms with E-state index in [1.54, 1.807) is 6.92 Å². The Kier molecular flexibility index (Phi) is 5.97. The van der Waals surface area contributed by atoms with Gasteiger partial charge in [-0.15, -0.1) is 0 Å². The largest absolute Gasteiger partial charge is 0.419 e. The van der Waals surface area contributed by atoms with Gasteiger partial charge in [0.15, 0.2) is 0 Å². The summed E-state index contributed by atoms with van der Waals surface area (Å²) < 4.78 is 46.9. The van der Waals surface area contributed by atoms with Crippen LogP contribution in [0.25, 0.3) is 5.57 Å². The van der Waals surface area contributed by atoms with E-state index < -0.39 is 17.6 Å². The highest BCUT2D eigenvalue weighted by atomic mass is 19.4. The summed E-state index contributed by atoms with van der Waals surface area (Å²) in [5.74, 6) is -0.512.